The van der Waals surface area contributed by atoms with Crippen LogP contribution in [0.4, 0.5) is 4.39 Å². The highest BCUT2D eigenvalue weighted by molar-refractivity contribution is 5.37. The average Bonchev–Trinajstić information content (AvgIpc) is 2.69. The highest BCUT2D eigenvalue weighted by Gasteiger charge is 2.17. The van der Waals surface area contributed by atoms with Crippen molar-refractivity contribution in [3.8, 4) is 5.75 Å². The zero-order valence-corrected chi connectivity index (χ0v) is 13.2. The van der Waals surface area contributed by atoms with Gasteiger partial charge in [0.15, 0.2) is 0 Å². The van der Waals surface area contributed by atoms with E-state index >= 15 is 0 Å². The molecule has 0 aliphatic rings. The summed E-state index contributed by atoms with van der Waals surface area (Å²) in [6.45, 7) is 6.59. The number of nitrogens with one attached hydrogen (secondary N) is 1. The molecule has 114 valence electrons. The van der Waals surface area contributed by atoms with Crippen molar-refractivity contribution in [1.82, 2.24) is 15.1 Å². The molecule has 5 heteroatoms. The molecule has 4 nitrogen and oxygen atoms in total. The summed E-state index contributed by atoms with van der Waals surface area (Å²) in [4.78, 5) is 0. The van der Waals surface area contributed by atoms with E-state index in [0.29, 0.717) is 17.9 Å². The predicted octanol–water partition coefficient (Wildman–Crippen LogP) is 3.04. The number of benzene rings is 1. The van der Waals surface area contributed by atoms with Crippen molar-refractivity contribution in [2.75, 3.05) is 7.11 Å². The second-order valence-corrected chi connectivity index (χ2v) is 5.23. The van der Waals surface area contributed by atoms with Crippen LogP contribution in [0.5, 0.6) is 5.75 Å². The van der Waals surface area contributed by atoms with E-state index in [1.54, 1.807) is 19.2 Å². The number of methoxy groups -OCH3 is 1. The molecule has 1 unspecified atom stereocenters. The number of rotatable bonds is 5. The van der Waals surface area contributed by atoms with Gasteiger partial charge in [0.25, 0.3) is 0 Å². The fourth-order valence-electron chi connectivity index (χ4n) is 2.55. The summed E-state index contributed by atoms with van der Waals surface area (Å²) in [6, 6.07) is 4.73. The first kappa shape index (κ1) is 15.5. The lowest BCUT2D eigenvalue weighted by Gasteiger charge is -2.18. The van der Waals surface area contributed by atoms with E-state index in [2.05, 4.69) is 10.4 Å². The first-order valence-corrected chi connectivity index (χ1v) is 7.00. The van der Waals surface area contributed by atoms with Crippen molar-refractivity contribution >= 4 is 0 Å². The molecule has 0 aliphatic carbocycles. The van der Waals surface area contributed by atoms with Crippen LogP contribution in [0.3, 0.4) is 0 Å². The van der Waals surface area contributed by atoms with Crippen LogP contribution in [0.1, 0.15) is 35.5 Å². The van der Waals surface area contributed by atoms with Gasteiger partial charge in [-0.05, 0) is 32.9 Å². The molecular weight excluding hydrogens is 269 g/mol. The number of aromatic nitrogens is 2. The van der Waals surface area contributed by atoms with Crippen molar-refractivity contribution in [3.05, 3.63) is 46.5 Å². The highest BCUT2D eigenvalue weighted by Crippen LogP contribution is 2.28. The molecule has 2 rings (SSSR count). The number of hydrogen-bond acceptors (Lipinski definition) is 3. The first-order chi connectivity index (χ1) is 9.95. The van der Waals surface area contributed by atoms with E-state index in [4.69, 9.17) is 4.74 Å². The zero-order chi connectivity index (χ0) is 15.6. The van der Waals surface area contributed by atoms with E-state index in [0.717, 1.165) is 17.0 Å². The molecule has 0 saturated carbocycles. The van der Waals surface area contributed by atoms with E-state index in [9.17, 15) is 4.39 Å². The highest BCUT2D eigenvalue weighted by atomic mass is 19.1. The molecule has 2 aromatic rings. The molecule has 0 fully saturated rings. The zero-order valence-electron chi connectivity index (χ0n) is 13.2. The molecule has 0 aliphatic heterocycles. The van der Waals surface area contributed by atoms with Crippen LogP contribution in [0.25, 0.3) is 0 Å². The molecule has 21 heavy (non-hydrogen) atoms. The van der Waals surface area contributed by atoms with Crippen LogP contribution in [0.2, 0.25) is 0 Å². The maximum atomic E-state index is 14.0. The van der Waals surface area contributed by atoms with Gasteiger partial charge in [0.05, 0.1) is 12.8 Å². The summed E-state index contributed by atoms with van der Waals surface area (Å²) in [6.07, 6.45) is 0. The second-order valence-electron chi connectivity index (χ2n) is 5.23. The summed E-state index contributed by atoms with van der Waals surface area (Å²) >= 11 is 0. The minimum absolute atomic E-state index is 0.153. The van der Waals surface area contributed by atoms with Crippen molar-refractivity contribution in [2.24, 2.45) is 7.05 Å². The Kier molecular flexibility index (Phi) is 4.63. The third-order valence-electron chi connectivity index (χ3n) is 3.91. The van der Waals surface area contributed by atoms with Crippen LogP contribution in [0.15, 0.2) is 18.2 Å². The minimum atomic E-state index is -0.256. The van der Waals surface area contributed by atoms with Gasteiger partial charge in [-0.1, -0.05) is 6.07 Å². The molecule has 0 amide bonds. The van der Waals surface area contributed by atoms with Gasteiger partial charge in [-0.15, -0.1) is 0 Å². The number of aryl methyl sites for hydroxylation is 2. The Bertz CT molecular complexity index is 637. The smallest absolute Gasteiger partial charge is 0.131 e. The molecule has 1 aromatic heterocycles. The summed E-state index contributed by atoms with van der Waals surface area (Å²) in [5.74, 6) is 0.309. The first-order valence-electron chi connectivity index (χ1n) is 7.00. The van der Waals surface area contributed by atoms with Crippen LogP contribution in [0, 0.1) is 19.7 Å². The van der Waals surface area contributed by atoms with Crippen molar-refractivity contribution < 1.29 is 9.13 Å². The Morgan fingerprint density at radius 3 is 2.67 bits per heavy atom. The van der Waals surface area contributed by atoms with Crippen LogP contribution < -0.4 is 10.1 Å². The Labute approximate surface area is 124 Å². The molecule has 0 radical (unpaired) electrons. The number of nitrogens with zero attached hydrogens (tertiary/aromatic N) is 2. The Morgan fingerprint density at radius 1 is 1.38 bits per heavy atom. The Balaban J connectivity index is 2.17. The van der Waals surface area contributed by atoms with Gasteiger partial charge in [0, 0.05) is 36.5 Å². The van der Waals surface area contributed by atoms with E-state index in [1.807, 2.05) is 32.5 Å². The normalized spacial score (nSPS) is 12.5. The lowest BCUT2D eigenvalue weighted by Crippen LogP contribution is -2.20. The summed E-state index contributed by atoms with van der Waals surface area (Å²) in [5.41, 5.74) is 3.82. The Morgan fingerprint density at radius 2 is 2.10 bits per heavy atom. The van der Waals surface area contributed by atoms with Crippen LogP contribution in [-0.4, -0.2) is 16.9 Å². The van der Waals surface area contributed by atoms with Gasteiger partial charge in [-0.3, -0.25) is 4.68 Å². The number of ether oxygens (including phenoxy) is 1. The standard InChI is InChI=1S/C16H22FN3O/c1-10-13(12(3)20(4)19-10)9-18-11(2)16-14(17)7-6-8-15(16)21-5/h6-8,11,18H,9H2,1-5H3. The number of halogens is 1. The average molecular weight is 291 g/mol. The van der Waals surface area contributed by atoms with E-state index in [1.165, 1.54) is 6.07 Å². The molecule has 1 atom stereocenters. The Hall–Kier alpha value is -1.88. The maximum absolute atomic E-state index is 14.0. The topological polar surface area (TPSA) is 39.1 Å². The van der Waals surface area contributed by atoms with Gasteiger partial charge in [0.2, 0.25) is 0 Å². The fraction of sp³-hybridized carbons (Fsp3) is 0.438. The van der Waals surface area contributed by atoms with Crippen LogP contribution in [-0.2, 0) is 13.6 Å². The summed E-state index contributed by atoms with van der Waals surface area (Å²) in [7, 11) is 3.48. The minimum Gasteiger partial charge on any atom is -0.496 e. The number of hydrogen-bond donors (Lipinski definition) is 1. The SMILES string of the molecule is COc1cccc(F)c1C(C)NCc1c(C)nn(C)c1C. The quantitative estimate of drug-likeness (QED) is 0.920. The molecule has 0 bridgehead atoms. The molecule has 0 spiro atoms. The summed E-state index contributed by atoms with van der Waals surface area (Å²) in [5, 5.41) is 7.74. The maximum Gasteiger partial charge on any atom is 0.131 e. The molecule has 1 heterocycles. The van der Waals surface area contributed by atoms with Gasteiger partial charge in [0.1, 0.15) is 11.6 Å². The summed E-state index contributed by atoms with van der Waals surface area (Å²) < 4.78 is 21.2. The largest absolute Gasteiger partial charge is 0.496 e. The predicted molar refractivity (Wildman–Crippen MR) is 80.9 cm³/mol. The monoisotopic (exact) mass is 291 g/mol. The second kappa shape index (κ2) is 6.26. The molecular formula is C16H22FN3O. The lowest BCUT2D eigenvalue weighted by molar-refractivity contribution is 0.393. The van der Waals surface area contributed by atoms with Crippen molar-refractivity contribution in [2.45, 2.75) is 33.4 Å². The third kappa shape index (κ3) is 3.08. The van der Waals surface area contributed by atoms with Gasteiger partial charge < -0.3 is 10.1 Å². The van der Waals surface area contributed by atoms with E-state index < -0.39 is 0 Å². The molecule has 1 N–H and O–H groups in total. The van der Waals surface area contributed by atoms with E-state index in [-0.39, 0.29) is 11.9 Å². The molecule has 1 aromatic carbocycles. The molecule has 0 saturated heterocycles. The third-order valence-corrected chi connectivity index (χ3v) is 3.91. The van der Waals surface area contributed by atoms with Gasteiger partial charge >= 0.3 is 0 Å². The van der Waals surface area contributed by atoms with Crippen LogP contribution >= 0.6 is 0 Å². The van der Waals surface area contributed by atoms with Gasteiger partial charge in [-0.25, -0.2) is 4.39 Å². The van der Waals surface area contributed by atoms with Crippen molar-refractivity contribution in [1.29, 1.82) is 0 Å². The van der Waals surface area contributed by atoms with Crippen molar-refractivity contribution in [3.63, 3.8) is 0 Å². The lowest BCUT2D eigenvalue weighted by atomic mass is 10.1. The fourth-order valence-corrected chi connectivity index (χ4v) is 2.55. The van der Waals surface area contributed by atoms with Gasteiger partial charge in [-0.2, -0.15) is 5.10 Å².